The van der Waals surface area contributed by atoms with Crippen LogP contribution >= 0.6 is 0 Å². The molecule has 3 heteroatoms. The molecule has 2 heterocycles. The summed E-state index contributed by atoms with van der Waals surface area (Å²) in [6.45, 7) is 0. The van der Waals surface area contributed by atoms with E-state index in [4.69, 9.17) is 5.73 Å². The van der Waals surface area contributed by atoms with Crippen LogP contribution in [0.25, 0.3) is 22.0 Å². The molecule has 0 bridgehead atoms. The van der Waals surface area contributed by atoms with E-state index in [-0.39, 0.29) is 0 Å². The van der Waals surface area contributed by atoms with Crippen molar-refractivity contribution >= 4 is 16.7 Å². The molecule has 2 N–H and O–H groups in total. The molecule has 0 aliphatic carbocycles. The molecule has 0 amide bonds. The summed E-state index contributed by atoms with van der Waals surface area (Å²) < 4.78 is 0. The van der Waals surface area contributed by atoms with E-state index < -0.39 is 0 Å². The zero-order chi connectivity index (χ0) is 11.7. The highest BCUT2D eigenvalue weighted by molar-refractivity contribution is 5.84. The molecule has 1 aromatic carbocycles. The van der Waals surface area contributed by atoms with Crippen molar-refractivity contribution in [2.24, 2.45) is 0 Å². The number of aromatic nitrogens is 2. The molecule has 0 saturated carbocycles. The predicted octanol–water partition coefficient (Wildman–Crippen LogP) is 2.88. The van der Waals surface area contributed by atoms with Gasteiger partial charge in [0, 0.05) is 17.8 Å². The zero-order valence-corrected chi connectivity index (χ0v) is 9.17. The summed E-state index contributed by atoms with van der Waals surface area (Å²) in [6.07, 6.45) is 3.51. The largest absolute Gasteiger partial charge is 0.384 e. The van der Waals surface area contributed by atoms with Crippen LogP contribution in [-0.4, -0.2) is 9.97 Å². The highest BCUT2D eigenvalue weighted by atomic mass is 14.8. The first kappa shape index (κ1) is 9.78. The molecule has 2 aromatic heterocycles. The molecule has 0 aliphatic heterocycles. The van der Waals surface area contributed by atoms with Crippen LogP contribution in [0.3, 0.4) is 0 Å². The Kier molecular flexibility index (Phi) is 2.22. The van der Waals surface area contributed by atoms with Crippen molar-refractivity contribution in [2.45, 2.75) is 0 Å². The molecular weight excluding hydrogens is 210 g/mol. The molecule has 17 heavy (non-hydrogen) atoms. The SMILES string of the molecule is Nc1cc(-c2ccc3cccnc3c2)ccn1. The third kappa shape index (κ3) is 1.83. The fourth-order valence-corrected chi connectivity index (χ4v) is 1.87. The van der Waals surface area contributed by atoms with Crippen LogP contribution < -0.4 is 5.73 Å². The molecule has 0 fully saturated rings. The van der Waals surface area contributed by atoms with Gasteiger partial charge in [-0.05, 0) is 35.4 Å². The van der Waals surface area contributed by atoms with E-state index in [1.807, 2.05) is 24.3 Å². The summed E-state index contributed by atoms with van der Waals surface area (Å²) in [6, 6.07) is 14.0. The second-order valence-corrected chi connectivity index (χ2v) is 3.88. The van der Waals surface area contributed by atoms with Gasteiger partial charge in [-0.3, -0.25) is 4.98 Å². The van der Waals surface area contributed by atoms with E-state index in [2.05, 4.69) is 28.2 Å². The Balaban J connectivity index is 2.18. The lowest BCUT2D eigenvalue weighted by Crippen LogP contribution is -1.89. The second-order valence-electron chi connectivity index (χ2n) is 3.88. The maximum Gasteiger partial charge on any atom is 0.123 e. The maximum atomic E-state index is 5.68. The van der Waals surface area contributed by atoms with E-state index in [0.29, 0.717) is 5.82 Å². The lowest BCUT2D eigenvalue weighted by atomic mass is 10.0. The molecule has 3 nitrogen and oxygen atoms in total. The Hall–Kier alpha value is -2.42. The predicted molar refractivity (Wildman–Crippen MR) is 69.4 cm³/mol. The Morgan fingerprint density at radius 2 is 1.71 bits per heavy atom. The van der Waals surface area contributed by atoms with E-state index in [9.17, 15) is 0 Å². The number of anilines is 1. The van der Waals surface area contributed by atoms with E-state index in [1.54, 1.807) is 12.4 Å². The molecule has 0 saturated heterocycles. The van der Waals surface area contributed by atoms with Gasteiger partial charge in [0.15, 0.2) is 0 Å². The summed E-state index contributed by atoms with van der Waals surface area (Å²) in [5.74, 6) is 0.531. The van der Waals surface area contributed by atoms with Crippen molar-refractivity contribution < 1.29 is 0 Å². The van der Waals surface area contributed by atoms with Gasteiger partial charge in [-0.25, -0.2) is 4.98 Å². The third-order valence-corrected chi connectivity index (χ3v) is 2.72. The highest BCUT2D eigenvalue weighted by Gasteiger charge is 2.00. The summed E-state index contributed by atoms with van der Waals surface area (Å²) in [5.41, 5.74) is 8.83. The average Bonchev–Trinajstić information content (AvgIpc) is 2.38. The lowest BCUT2D eigenvalue weighted by Gasteiger charge is -2.03. The van der Waals surface area contributed by atoms with Crippen LogP contribution in [0.4, 0.5) is 5.82 Å². The van der Waals surface area contributed by atoms with Crippen LogP contribution in [0, 0.1) is 0 Å². The highest BCUT2D eigenvalue weighted by Crippen LogP contribution is 2.23. The molecule has 3 rings (SSSR count). The molecule has 0 spiro atoms. The van der Waals surface area contributed by atoms with Crippen LogP contribution in [0.1, 0.15) is 0 Å². The Bertz CT molecular complexity index is 677. The zero-order valence-electron chi connectivity index (χ0n) is 9.17. The molecule has 0 aliphatic rings. The Labute approximate surface area is 98.9 Å². The van der Waals surface area contributed by atoms with Crippen molar-refractivity contribution in [2.75, 3.05) is 5.73 Å². The third-order valence-electron chi connectivity index (χ3n) is 2.72. The standard InChI is InChI=1S/C14H11N3/c15-14-9-12(5-7-17-14)11-4-3-10-2-1-6-16-13(10)8-11/h1-9H,(H2,15,17). The molecule has 82 valence electrons. The van der Waals surface area contributed by atoms with Crippen LogP contribution in [-0.2, 0) is 0 Å². The van der Waals surface area contributed by atoms with Crippen molar-refractivity contribution in [3.63, 3.8) is 0 Å². The van der Waals surface area contributed by atoms with Gasteiger partial charge in [0.05, 0.1) is 5.52 Å². The van der Waals surface area contributed by atoms with Gasteiger partial charge in [0.25, 0.3) is 0 Å². The van der Waals surface area contributed by atoms with E-state index in [1.165, 1.54) is 0 Å². The van der Waals surface area contributed by atoms with E-state index >= 15 is 0 Å². The fourth-order valence-electron chi connectivity index (χ4n) is 1.87. The number of rotatable bonds is 1. The first-order chi connectivity index (χ1) is 8.33. The van der Waals surface area contributed by atoms with Crippen molar-refractivity contribution in [1.82, 2.24) is 9.97 Å². The number of fused-ring (bicyclic) bond motifs is 1. The minimum atomic E-state index is 0.531. The lowest BCUT2D eigenvalue weighted by molar-refractivity contribution is 1.34. The molecule has 0 radical (unpaired) electrons. The van der Waals surface area contributed by atoms with Crippen molar-refractivity contribution in [3.05, 3.63) is 54.9 Å². The van der Waals surface area contributed by atoms with Gasteiger partial charge >= 0.3 is 0 Å². The smallest absolute Gasteiger partial charge is 0.123 e. The molecular formula is C14H11N3. The van der Waals surface area contributed by atoms with Gasteiger partial charge in [0.2, 0.25) is 0 Å². The Morgan fingerprint density at radius 1 is 0.824 bits per heavy atom. The monoisotopic (exact) mass is 221 g/mol. The summed E-state index contributed by atoms with van der Waals surface area (Å²) in [4.78, 5) is 8.33. The number of hydrogen-bond donors (Lipinski definition) is 1. The first-order valence-electron chi connectivity index (χ1n) is 5.40. The van der Waals surface area contributed by atoms with E-state index in [0.717, 1.165) is 22.0 Å². The fraction of sp³-hybridized carbons (Fsp3) is 0. The number of benzene rings is 1. The first-order valence-corrected chi connectivity index (χ1v) is 5.40. The molecule has 0 atom stereocenters. The van der Waals surface area contributed by atoms with Crippen LogP contribution in [0.5, 0.6) is 0 Å². The quantitative estimate of drug-likeness (QED) is 0.687. The van der Waals surface area contributed by atoms with Crippen molar-refractivity contribution in [3.8, 4) is 11.1 Å². The summed E-state index contributed by atoms with van der Waals surface area (Å²) in [5, 5.41) is 1.14. The normalized spacial score (nSPS) is 10.6. The second kappa shape index (κ2) is 3.87. The van der Waals surface area contributed by atoms with Crippen LogP contribution in [0.15, 0.2) is 54.9 Å². The number of nitrogens with zero attached hydrogens (tertiary/aromatic N) is 2. The summed E-state index contributed by atoms with van der Waals surface area (Å²) in [7, 11) is 0. The van der Waals surface area contributed by atoms with Crippen LogP contribution in [0.2, 0.25) is 0 Å². The topological polar surface area (TPSA) is 51.8 Å². The summed E-state index contributed by atoms with van der Waals surface area (Å²) >= 11 is 0. The molecule has 3 aromatic rings. The molecule has 0 unspecified atom stereocenters. The Morgan fingerprint density at radius 3 is 2.59 bits per heavy atom. The average molecular weight is 221 g/mol. The van der Waals surface area contributed by atoms with Gasteiger partial charge in [-0.1, -0.05) is 18.2 Å². The van der Waals surface area contributed by atoms with Gasteiger partial charge in [-0.15, -0.1) is 0 Å². The van der Waals surface area contributed by atoms with Gasteiger partial charge in [0.1, 0.15) is 5.82 Å². The van der Waals surface area contributed by atoms with Gasteiger partial charge < -0.3 is 5.73 Å². The number of hydrogen-bond acceptors (Lipinski definition) is 3. The maximum absolute atomic E-state index is 5.68. The number of nitrogens with two attached hydrogens (primary N) is 1. The van der Waals surface area contributed by atoms with Crippen molar-refractivity contribution in [1.29, 1.82) is 0 Å². The van der Waals surface area contributed by atoms with Gasteiger partial charge in [-0.2, -0.15) is 0 Å². The minimum Gasteiger partial charge on any atom is -0.384 e. The number of pyridine rings is 2. The minimum absolute atomic E-state index is 0.531. The number of nitrogen functional groups attached to an aromatic ring is 1.